The molecule has 2 aromatic carbocycles. The van der Waals surface area contributed by atoms with Crippen LogP contribution in [0.3, 0.4) is 0 Å². The Hall–Kier alpha value is -2.55. The normalized spacial score (nSPS) is 18.6. The standard InChI is InChI=1S/C20H16F2O/c21-18-10-3-1-6-14(18)12-16-8-5-9-17(20(16)23)13-15-7-2-4-11-19(15)22/h1-4,6-7,10-13H,5,8-9H2/b16-12-,17-13+. The van der Waals surface area contributed by atoms with E-state index in [1.54, 1.807) is 48.6 Å². The summed E-state index contributed by atoms with van der Waals surface area (Å²) in [7, 11) is 0. The van der Waals surface area contributed by atoms with Gasteiger partial charge in [-0.15, -0.1) is 0 Å². The molecule has 0 bridgehead atoms. The van der Waals surface area contributed by atoms with Crippen LogP contribution < -0.4 is 0 Å². The average Bonchev–Trinajstić information content (AvgIpc) is 2.55. The van der Waals surface area contributed by atoms with Gasteiger partial charge in [0.25, 0.3) is 0 Å². The van der Waals surface area contributed by atoms with Gasteiger partial charge in [-0.05, 0) is 43.5 Å². The van der Waals surface area contributed by atoms with Crippen LogP contribution in [0, 0.1) is 11.6 Å². The first-order valence-corrected chi connectivity index (χ1v) is 7.60. The molecule has 3 heteroatoms. The van der Waals surface area contributed by atoms with Gasteiger partial charge in [-0.2, -0.15) is 0 Å². The first-order valence-electron chi connectivity index (χ1n) is 7.60. The molecule has 1 aliphatic carbocycles. The van der Waals surface area contributed by atoms with Crippen LogP contribution in [-0.4, -0.2) is 5.78 Å². The lowest BCUT2D eigenvalue weighted by atomic mass is 9.87. The zero-order chi connectivity index (χ0) is 16.2. The van der Waals surface area contributed by atoms with Crippen molar-refractivity contribution in [2.75, 3.05) is 0 Å². The second-order valence-corrected chi connectivity index (χ2v) is 5.56. The molecule has 1 nitrogen and oxygen atoms in total. The molecule has 1 fully saturated rings. The van der Waals surface area contributed by atoms with E-state index < -0.39 is 0 Å². The quantitative estimate of drug-likeness (QED) is 0.698. The van der Waals surface area contributed by atoms with Crippen LogP contribution >= 0.6 is 0 Å². The second kappa shape index (κ2) is 6.69. The van der Waals surface area contributed by atoms with E-state index >= 15 is 0 Å². The van der Waals surface area contributed by atoms with Gasteiger partial charge in [0.15, 0.2) is 5.78 Å². The molecule has 0 radical (unpaired) electrons. The summed E-state index contributed by atoms with van der Waals surface area (Å²) in [5, 5.41) is 0. The minimum absolute atomic E-state index is 0.122. The lowest BCUT2D eigenvalue weighted by Crippen LogP contribution is -2.12. The van der Waals surface area contributed by atoms with E-state index in [9.17, 15) is 13.6 Å². The first kappa shape index (κ1) is 15.3. The molecule has 0 heterocycles. The molecule has 3 rings (SSSR count). The van der Waals surface area contributed by atoms with Crippen molar-refractivity contribution in [3.8, 4) is 0 Å². The summed E-state index contributed by atoms with van der Waals surface area (Å²) < 4.78 is 27.5. The molecule has 2 aromatic rings. The van der Waals surface area contributed by atoms with Crippen molar-refractivity contribution in [1.82, 2.24) is 0 Å². The Morgan fingerprint density at radius 2 is 1.17 bits per heavy atom. The molecule has 0 spiro atoms. The van der Waals surface area contributed by atoms with E-state index in [-0.39, 0.29) is 17.4 Å². The Morgan fingerprint density at radius 1 is 0.739 bits per heavy atom. The highest BCUT2D eigenvalue weighted by atomic mass is 19.1. The highest BCUT2D eigenvalue weighted by Gasteiger charge is 2.21. The molecule has 1 saturated carbocycles. The first-order chi connectivity index (χ1) is 11.1. The van der Waals surface area contributed by atoms with Crippen molar-refractivity contribution < 1.29 is 13.6 Å². The van der Waals surface area contributed by atoms with Crippen molar-refractivity contribution in [3.05, 3.63) is 82.4 Å². The van der Waals surface area contributed by atoms with Gasteiger partial charge in [-0.1, -0.05) is 36.4 Å². The predicted molar refractivity (Wildman–Crippen MR) is 87.6 cm³/mol. The number of carbonyl (C=O) groups is 1. The van der Waals surface area contributed by atoms with Crippen LogP contribution in [0.25, 0.3) is 12.2 Å². The Morgan fingerprint density at radius 3 is 1.61 bits per heavy atom. The van der Waals surface area contributed by atoms with Crippen molar-refractivity contribution in [3.63, 3.8) is 0 Å². The third-order valence-corrected chi connectivity index (χ3v) is 3.95. The van der Waals surface area contributed by atoms with Crippen LogP contribution in [0.5, 0.6) is 0 Å². The van der Waals surface area contributed by atoms with Crippen molar-refractivity contribution in [2.45, 2.75) is 19.3 Å². The molecule has 0 saturated heterocycles. The van der Waals surface area contributed by atoms with Crippen LogP contribution in [0.4, 0.5) is 8.78 Å². The largest absolute Gasteiger partial charge is 0.289 e. The zero-order valence-electron chi connectivity index (χ0n) is 12.6. The predicted octanol–water partition coefficient (Wildman–Crippen LogP) is 5.18. The summed E-state index contributed by atoms with van der Waals surface area (Å²) in [6, 6.07) is 12.7. The number of carbonyl (C=O) groups excluding carboxylic acids is 1. The average molecular weight is 310 g/mol. The highest BCUT2D eigenvalue weighted by molar-refractivity contribution is 6.13. The fourth-order valence-corrected chi connectivity index (χ4v) is 2.74. The van der Waals surface area contributed by atoms with Gasteiger partial charge >= 0.3 is 0 Å². The van der Waals surface area contributed by atoms with Gasteiger partial charge in [0.1, 0.15) is 11.6 Å². The third kappa shape index (κ3) is 3.45. The summed E-state index contributed by atoms with van der Waals surface area (Å²) >= 11 is 0. The summed E-state index contributed by atoms with van der Waals surface area (Å²) in [6.07, 6.45) is 5.23. The number of ketones is 1. The van der Waals surface area contributed by atoms with E-state index in [4.69, 9.17) is 0 Å². The maximum absolute atomic E-state index is 13.7. The Labute approximate surface area is 134 Å². The number of halogens is 2. The van der Waals surface area contributed by atoms with E-state index in [0.717, 1.165) is 6.42 Å². The lowest BCUT2D eigenvalue weighted by molar-refractivity contribution is -0.112. The van der Waals surface area contributed by atoms with Gasteiger partial charge in [0.2, 0.25) is 0 Å². The van der Waals surface area contributed by atoms with Crippen LogP contribution in [-0.2, 0) is 4.79 Å². The topological polar surface area (TPSA) is 17.1 Å². The molecule has 0 N–H and O–H groups in total. The number of hydrogen-bond acceptors (Lipinski definition) is 1. The smallest absolute Gasteiger partial charge is 0.185 e. The van der Waals surface area contributed by atoms with E-state index in [0.29, 0.717) is 35.1 Å². The maximum Gasteiger partial charge on any atom is 0.185 e. The molecule has 0 aliphatic heterocycles. The number of allylic oxidation sites excluding steroid dienone is 2. The van der Waals surface area contributed by atoms with E-state index in [2.05, 4.69) is 0 Å². The van der Waals surface area contributed by atoms with Gasteiger partial charge in [0, 0.05) is 22.3 Å². The molecule has 1 aliphatic rings. The molecular weight excluding hydrogens is 294 g/mol. The number of rotatable bonds is 2. The Kier molecular flexibility index (Phi) is 4.47. The number of benzene rings is 2. The minimum Gasteiger partial charge on any atom is -0.289 e. The molecule has 116 valence electrons. The van der Waals surface area contributed by atoms with Gasteiger partial charge in [-0.25, -0.2) is 8.78 Å². The maximum atomic E-state index is 13.7. The van der Waals surface area contributed by atoms with Crippen LogP contribution in [0.15, 0.2) is 59.7 Å². The monoisotopic (exact) mass is 310 g/mol. The summed E-state index contributed by atoms with van der Waals surface area (Å²) in [5.41, 5.74) is 1.96. The molecule has 0 aromatic heterocycles. The van der Waals surface area contributed by atoms with E-state index in [1.165, 1.54) is 12.1 Å². The summed E-state index contributed by atoms with van der Waals surface area (Å²) in [4.78, 5) is 12.6. The van der Waals surface area contributed by atoms with Gasteiger partial charge in [-0.3, -0.25) is 4.79 Å². The SMILES string of the molecule is O=C1/C(=C\c2ccccc2F)CCC/C1=C\c1ccccc1F. The van der Waals surface area contributed by atoms with Crippen molar-refractivity contribution in [1.29, 1.82) is 0 Å². The molecule has 0 unspecified atom stereocenters. The van der Waals surface area contributed by atoms with E-state index in [1.807, 2.05) is 0 Å². The fourth-order valence-electron chi connectivity index (χ4n) is 2.74. The van der Waals surface area contributed by atoms with Gasteiger partial charge < -0.3 is 0 Å². The summed E-state index contributed by atoms with van der Waals surface area (Å²) in [6.45, 7) is 0. The Bertz CT molecular complexity index is 737. The Balaban J connectivity index is 1.93. The minimum atomic E-state index is -0.349. The van der Waals surface area contributed by atoms with Crippen LogP contribution in [0.2, 0.25) is 0 Å². The molecular formula is C20H16F2O. The number of hydrogen-bond donors (Lipinski definition) is 0. The van der Waals surface area contributed by atoms with Crippen molar-refractivity contribution >= 4 is 17.9 Å². The summed E-state index contributed by atoms with van der Waals surface area (Å²) in [5.74, 6) is -0.821. The highest BCUT2D eigenvalue weighted by Crippen LogP contribution is 2.28. The van der Waals surface area contributed by atoms with Crippen LogP contribution in [0.1, 0.15) is 30.4 Å². The number of Topliss-reactive ketones (excluding diaryl/α,β-unsaturated/α-hetero) is 1. The van der Waals surface area contributed by atoms with Crippen molar-refractivity contribution in [2.24, 2.45) is 0 Å². The zero-order valence-corrected chi connectivity index (χ0v) is 12.6. The van der Waals surface area contributed by atoms with Gasteiger partial charge in [0.05, 0.1) is 0 Å². The lowest BCUT2D eigenvalue weighted by Gasteiger charge is -2.16. The second-order valence-electron chi connectivity index (χ2n) is 5.56. The fraction of sp³-hybridized carbons (Fsp3) is 0.150. The molecule has 23 heavy (non-hydrogen) atoms. The molecule has 0 amide bonds. The third-order valence-electron chi connectivity index (χ3n) is 3.95. The molecule has 0 atom stereocenters.